The van der Waals surface area contributed by atoms with Crippen molar-refractivity contribution in [2.45, 2.75) is 37.1 Å². The first-order chi connectivity index (χ1) is 8.76. The summed E-state index contributed by atoms with van der Waals surface area (Å²) in [5, 5.41) is 3.61. The minimum atomic E-state index is 0.580. The predicted octanol–water partition coefficient (Wildman–Crippen LogP) is 4.88. The lowest BCUT2D eigenvalue weighted by atomic mass is 10.2. The Morgan fingerprint density at radius 1 is 1.39 bits per heavy atom. The summed E-state index contributed by atoms with van der Waals surface area (Å²) >= 11 is 5.38. The third-order valence-electron chi connectivity index (χ3n) is 2.67. The number of hydrogen-bond donors (Lipinski definition) is 1. The molecule has 0 aliphatic heterocycles. The molecule has 0 spiro atoms. The quantitative estimate of drug-likeness (QED) is 0.512. The van der Waals surface area contributed by atoms with E-state index in [-0.39, 0.29) is 0 Å². The number of allylic oxidation sites excluding steroid dienone is 1. The summed E-state index contributed by atoms with van der Waals surface area (Å²) in [7, 11) is 0. The van der Waals surface area contributed by atoms with Crippen molar-refractivity contribution in [2.75, 3.05) is 12.3 Å². The van der Waals surface area contributed by atoms with Crippen LogP contribution >= 0.6 is 27.7 Å². The van der Waals surface area contributed by atoms with Crippen LogP contribution in [0.1, 0.15) is 26.2 Å². The van der Waals surface area contributed by atoms with Gasteiger partial charge < -0.3 is 5.32 Å². The van der Waals surface area contributed by atoms with Crippen molar-refractivity contribution < 1.29 is 0 Å². The Morgan fingerprint density at radius 2 is 2.11 bits per heavy atom. The number of nitrogens with one attached hydrogen (secondary N) is 1. The van der Waals surface area contributed by atoms with E-state index in [1.54, 1.807) is 0 Å². The van der Waals surface area contributed by atoms with Crippen molar-refractivity contribution in [2.24, 2.45) is 0 Å². The highest BCUT2D eigenvalue weighted by Gasteiger charge is 2.07. The molecule has 1 rings (SSSR count). The second-order valence-corrected chi connectivity index (χ2v) is 6.29. The van der Waals surface area contributed by atoms with Gasteiger partial charge in [-0.05, 0) is 50.1 Å². The Balaban J connectivity index is 2.39. The zero-order chi connectivity index (χ0) is 13.2. The van der Waals surface area contributed by atoms with Crippen LogP contribution in [0.25, 0.3) is 0 Å². The third-order valence-corrected chi connectivity index (χ3v) is 4.37. The molecule has 0 aliphatic carbocycles. The maximum atomic E-state index is 3.80. The third kappa shape index (κ3) is 6.62. The van der Waals surface area contributed by atoms with E-state index in [4.69, 9.17) is 0 Å². The van der Waals surface area contributed by atoms with Crippen LogP contribution in [0.3, 0.4) is 0 Å². The second kappa shape index (κ2) is 9.65. The summed E-state index contributed by atoms with van der Waals surface area (Å²) < 4.78 is 1.14. The van der Waals surface area contributed by atoms with Crippen molar-refractivity contribution in [1.29, 1.82) is 0 Å². The summed E-state index contributed by atoms with van der Waals surface area (Å²) in [5.41, 5.74) is 0. The Labute approximate surface area is 124 Å². The zero-order valence-electron chi connectivity index (χ0n) is 11.0. The van der Waals surface area contributed by atoms with Crippen LogP contribution in [0.2, 0.25) is 0 Å². The van der Waals surface area contributed by atoms with Gasteiger partial charge in [-0.15, -0.1) is 18.3 Å². The zero-order valence-corrected chi connectivity index (χ0v) is 13.4. The monoisotopic (exact) mass is 327 g/mol. The lowest BCUT2D eigenvalue weighted by molar-refractivity contribution is 0.524. The molecule has 1 nitrogen and oxygen atoms in total. The fraction of sp³-hybridized carbons (Fsp3) is 0.467. The summed E-state index contributed by atoms with van der Waals surface area (Å²) in [6, 6.07) is 9.11. The predicted molar refractivity (Wildman–Crippen MR) is 86.4 cm³/mol. The normalized spacial score (nSPS) is 12.3. The molecular formula is C15H22BrNS. The fourth-order valence-corrected chi connectivity index (χ4v) is 2.91. The largest absolute Gasteiger partial charge is 0.313 e. The molecule has 0 fully saturated rings. The summed E-state index contributed by atoms with van der Waals surface area (Å²) in [6.45, 7) is 7.11. The highest BCUT2D eigenvalue weighted by atomic mass is 79.9. The molecule has 100 valence electrons. The van der Waals surface area contributed by atoms with Gasteiger partial charge in [-0.2, -0.15) is 0 Å². The molecular weight excluding hydrogens is 306 g/mol. The van der Waals surface area contributed by atoms with Crippen LogP contribution in [0, 0.1) is 0 Å². The highest BCUT2D eigenvalue weighted by Crippen LogP contribution is 2.22. The molecule has 1 aromatic rings. The van der Waals surface area contributed by atoms with Gasteiger partial charge in [-0.3, -0.25) is 0 Å². The van der Waals surface area contributed by atoms with Crippen LogP contribution in [0.15, 0.2) is 46.3 Å². The molecule has 0 aromatic heterocycles. The lowest BCUT2D eigenvalue weighted by Crippen LogP contribution is -2.31. The summed E-state index contributed by atoms with van der Waals surface area (Å²) in [4.78, 5) is 1.33. The first kappa shape index (κ1) is 15.8. The molecule has 0 heterocycles. The van der Waals surface area contributed by atoms with Crippen molar-refractivity contribution in [3.8, 4) is 0 Å². The van der Waals surface area contributed by atoms with Gasteiger partial charge in [0.1, 0.15) is 0 Å². The van der Waals surface area contributed by atoms with Gasteiger partial charge in [0.25, 0.3) is 0 Å². The Bertz CT molecular complexity index is 337. The van der Waals surface area contributed by atoms with E-state index in [0.29, 0.717) is 6.04 Å². The minimum absolute atomic E-state index is 0.580. The molecule has 1 aromatic carbocycles. The van der Waals surface area contributed by atoms with E-state index in [1.165, 1.54) is 17.7 Å². The van der Waals surface area contributed by atoms with Gasteiger partial charge in [-0.25, -0.2) is 0 Å². The Hall–Kier alpha value is -0.250. The molecule has 1 unspecified atom stereocenters. The van der Waals surface area contributed by atoms with Gasteiger partial charge in [0.2, 0.25) is 0 Å². The van der Waals surface area contributed by atoms with Crippen LogP contribution in [-0.4, -0.2) is 18.3 Å². The van der Waals surface area contributed by atoms with Crippen molar-refractivity contribution in [3.63, 3.8) is 0 Å². The highest BCUT2D eigenvalue weighted by molar-refractivity contribution is 9.10. The van der Waals surface area contributed by atoms with Crippen LogP contribution in [0.5, 0.6) is 0 Å². The number of hydrogen-bond acceptors (Lipinski definition) is 2. The molecule has 0 aliphatic rings. The van der Waals surface area contributed by atoms with E-state index in [0.717, 1.165) is 23.2 Å². The minimum Gasteiger partial charge on any atom is -0.313 e. The fourth-order valence-electron chi connectivity index (χ4n) is 1.64. The van der Waals surface area contributed by atoms with E-state index < -0.39 is 0 Å². The van der Waals surface area contributed by atoms with Crippen molar-refractivity contribution in [1.82, 2.24) is 5.32 Å². The van der Waals surface area contributed by atoms with E-state index >= 15 is 0 Å². The average Bonchev–Trinajstić information content (AvgIpc) is 2.40. The summed E-state index contributed by atoms with van der Waals surface area (Å²) in [6.07, 6.45) is 5.45. The van der Waals surface area contributed by atoms with Gasteiger partial charge in [0, 0.05) is 21.2 Å². The summed E-state index contributed by atoms with van der Waals surface area (Å²) in [5.74, 6) is 1.12. The smallest absolute Gasteiger partial charge is 0.0176 e. The molecule has 0 bridgehead atoms. The standard InChI is InChI=1S/C15H22BrNS/c1-3-5-6-14(17-11-4-2)12-18-15-9-7-13(16)8-10-15/h3,7-10,14,17H,1,4-6,11-12H2,2H3. The molecule has 0 saturated heterocycles. The maximum Gasteiger partial charge on any atom is 0.0176 e. The maximum absolute atomic E-state index is 3.80. The Kier molecular flexibility index (Phi) is 8.47. The van der Waals surface area contributed by atoms with Crippen molar-refractivity contribution >= 4 is 27.7 Å². The van der Waals surface area contributed by atoms with Gasteiger partial charge in [0.05, 0.1) is 0 Å². The van der Waals surface area contributed by atoms with Crippen LogP contribution in [-0.2, 0) is 0 Å². The lowest BCUT2D eigenvalue weighted by Gasteiger charge is -2.17. The number of thioether (sulfide) groups is 1. The van der Waals surface area contributed by atoms with Gasteiger partial charge in [-0.1, -0.05) is 28.9 Å². The molecule has 0 amide bonds. The topological polar surface area (TPSA) is 12.0 Å². The van der Waals surface area contributed by atoms with E-state index in [9.17, 15) is 0 Å². The number of benzene rings is 1. The number of rotatable bonds is 9. The molecule has 3 heteroatoms. The second-order valence-electron chi connectivity index (χ2n) is 4.28. The van der Waals surface area contributed by atoms with Crippen molar-refractivity contribution in [3.05, 3.63) is 41.4 Å². The molecule has 0 radical (unpaired) electrons. The molecule has 1 N–H and O–H groups in total. The van der Waals surface area contributed by atoms with Gasteiger partial charge in [0.15, 0.2) is 0 Å². The molecule has 1 atom stereocenters. The van der Waals surface area contributed by atoms with Crippen LogP contribution < -0.4 is 5.32 Å². The van der Waals surface area contributed by atoms with Crippen LogP contribution in [0.4, 0.5) is 0 Å². The number of halogens is 1. The first-order valence-electron chi connectivity index (χ1n) is 6.49. The first-order valence-corrected chi connectivity index (χ1v) is 8.26. The van der Waals surface area contributed by atoms with Gasteiger partial charge >= 0.3 is 0 Å². The van der Waals surface area contributed by atoms with E-state index in [2.05, 4.69) is 59.0 Å². The molecule has 0 saturated carbocycles. The molecule has 18 heavy (non-hydrogen) atoms. The SMILES string of the molecule is C=CCCC(CSc1ccc(Br)cc1)NCCC. The van der Waals surface area contributed by atoms with E-state index in [1.807, 2.05) is 17.8 Å². The average molecular weight is 328 g/mol. The Morgan fingerprint density at radius 3 is 2.72 bits per heavy atom.